The van der Waals surface area contributed by atoms with Crippen molar-refractivity contribution in [3.05, 3.63) is 70.8 Å². The van der Waals surface area contributed by atoms with Crippen LogP contribution in [0.3, 0.4) is 0 Å². The average molecular weight is 267 g/mol. The molecule has 1 unspecified atom stereocenters. The van der Waals surface area contributed by atoms with Crippen LogP contribution in [0.25, 0.3) is 0 Å². The van der Waals surface area contributed by atoms with Crippen LogP contribution in [0.4, 0.5) is 0 Å². The summed E-state index contributed by atoms with van der Waals surface area (Å²) in [6.45, 7) is 8.59. The van der Waals surface area contributed by atoms with E-state index in [4.69, 9.17) is 0 Å². The lowest BCUT2D eigenvalue weighted by atomic mass is 9.91. The maximum absolute atomic E-state index is 3.49. The minimum absolute atomic E-state index is 0.540. The van der Waals surface area contributed by atoms with Gasteiger partial charge >= 0.3 is 0 Å². The smallest absolute Gasteiger partial charge is 0.00232 e. The molecule has 106 valence electrons. The van der Waals surface area contributed by atoms with Gasteiger partial charge in [0.25, 0.3) is 0 Å². The highest BCUT2D eigenvalue weighted by Gasteiger charge is 2.12. The molecule has 1 N–H and O–H groups in total. The van der Waals surface area contributed by atoms with Gasteiger partial charge in [-0.3, -0.25) is 0 Å². The first-order valence-corrected chi connectivity index (χ1v) is 7.52. The van der Waals surface area contributed by atoms with Gasteiger partial charge in [-0.25, -0.2) is 0 Å². The van der Waals surface area contributed by atoms with Crippen LogP contribution in [0.5, 0.6) is 0 Å². The van der Waals surface area contributed by atoms with Crippen molar-refractivity contribution in [1.29, 1.82) is 0 Å². The molecule has 1 nitrogen and oxygen atoms in total. The van der Waals surface area contributed by atoms with Crippen molar-refractivity contribution in [1.82, 2.24) is 5.32 Å². The largest absolute Gasteiger partial charge is 0.316 e. The second kappa shape index (κ2) is 7.25. The molecule has 0 spiro atoms. The molecule has 0 amide bonds. The van der Waals surface area contributed by atoms with Crippen LogP contribution in [0.15, 0.2) is 48.5 Å². The van der Waals surface area contributed by atoms with E-state index in [-0.39, 0.29) is 0 Å². The normalized spacial score (nSPS) is 12.3. The highest BCUT2D eigenvalue weighted by atomic mass is 14.8. The van der Waals surface area contributed by atoms with Gasteiger partial charge in [0.2, 0.25) is 0 Å². The average Bonchev–Trinajstić information content (AvgIpc) is 2.48. The quantitative estimate of drug-likeness (QED) is 0.825. The van der Waals surface area contributed by atoms with Crippen molar-refractivity contribution in [2.24, 2.45) is 0 Å². The summed E-state index contributed by atoms with van der Waals surface area (Å²) in [5.74, 6) is 0.540. The van der Waals surface area contributed by atoms with E-state index in [1.165, 1.54) is 22.3 Å². The first-order valence-electron chi connectivity index (χ1n) is 7.52. The number of nitrogens with one attached hydrogen (secondary N) is 1. The predicted molar refractivity (Wildman–Crippen MR) is 87.3 cm³/mol. The zero-order chi connectivity index (χ0) is 14.4. The van der Waals surface area contributed by atoms with Crippen molar-refractivity contribution in [3.63, 3.8) is 0 Å². The molecule has 0 bridgehead atoms. The van der Waals surface area contributed by atoms with Gasteiger partial charge in [0.15, 0.2) is 0 Å². The molecule has 0 radical (unpaired) electrons. The predicted octanol–water partition coefficient (Wildman–Crippen LogP) is 4.24. The monoisotopic (exact) mass is 267 g/mol. The second-order valence-corrected chi connectivity index (χ2v) is 5.54. The summed E-state index contributed by atoms with van der Waals surface area (Å²) in [4.78, 5) is 0. The fourth-order valence-corrected chi connectivity index (χ4v) is 2.57. The molecule has 20 heavy (non-hydrogen) atoms. The number of hydrogen-bond acceptors (Lipinski definition) is 1. The first kappa shape index (κ1) is 14.8. The Morgan fingerprint density at radius 1 is 0.950 bits per heavy atom. The van der Waals surface area contributed by atoms with Crippen LogP contribution in [0, 0.1) is 13.8 Å². The van der Waals surface area contributed by atoms with E-state index in [9.17, 15) is 0 Å². The van der Waals surface area contributed by atoms with Crippen LogP contribution in [-0.2, 0) is 6.42 Å². The van der Waals surface area contributed by atoms with E-state index < -0.39 is 0 Å². The molecule has 2 aromatic rings. The standard InChI is InChI=1S/C19H25N/c1-4-20-14-19(18-8-6-5-7-9-18)13-17-11-10-15(2)16(3)12-17/h5-12,19-20H,4,13-14H2,1-3H3. The van der Waals surface area contributed by atoms with E-state index in [1.54, 1.807) is 0 Å². The molecule has 0 saturated carbocycles. The van der Waals surface area contributed by atoms with Crippen LogP contribution >= 0.6 is 0 Å². The highest BCUT2D eigenvalue weighted by Crippen LogP contribution is 2.21. The minimum atomic E-state index is 0.540. The molecular weight excluding hydrogens is 242 g/mol. The Kier molecular flexibility index (Phi) is 5.37. The molecule has 0 saturated heterocycles. The second-order valence-electron chi connectivity index (χ2n) is 5.54. The summed E-state index contributed by atoms with van der Waals surface area (Å²) in [5, 5.41) is 3.49. The Labute approximate surface area is 123 Å². The van der Waals surface area contributed by atoms with Gasteiger partial charge in [-0.1, -0.05) is 55.5 Å². The van der Waals surface area contributed by atoms with Crippen molar-refractivity contribution in [2.45, 2.75) is 33.1 Å². The third-order valence-electron chi connectivity index (χ3n) is 3.97. The van der Waals surface area contributed by atoms with E-state index in [0.717, 1.165) is 19.5 Å². The molecule has 2 rings (SSSR count). The number of rotatable bonds is 6. The van der Waals surface area contributed by atoms with E-state index in [2.05, 4.69) is 74.6 Å². The molecule has 0 aliphatic heterocycles. The Hall–Kier alpha value is -1.60. The number of benzene rings is 2. The Balaban J connectivity index is 2.17. The van der Waals surface area contributed by atoms with Crippen LogP contribution in [0.2, 0.25) is 0 Å². The number of aryl methyl sites for hydroxylation is 2. The minimum Gasteiger partial charge on any atom is -0.316 e. The Bertz CT molecular complexity index is 531. The summed E-state index contributed by atoms with van der Waals surface area (Å²) >= 11 is 0. The molecular formula is C19H25N. The summed E-state index contributed by atoms with van der Waals surface area (Å²) in [6.07, 6.45) is 1.10. The lowest BCUT2D eigenvalue weighted by molar-refractivity contribution is 0.595. The van der Waals surface area contributed by atoms with E-state index >= 15 is 0 Å². The van der Waals surface area contributed by atoms with Gasteiger partial charge in [0, 0.05) is 12.5 Å². The van der Waals surface area contributed by atoms with Gasteiger partial charge < -0.3 is 5.32 Å². The number of hydrogen-bond donors (Lipinski definition) is 1. The molecule has 1 heteroatoms. The van der Waals surface area contributed by atoms with E-state index in [1.807, 2.05) is 0 Å². The third-order valence-corrected chi connectivity index (χ3v) is 3.97. The zero-order valence-electron chi connectivity index (χ0n) is 12.8. The molecule has 0 aromatic heterocycles. The molecule has 0 heterocycles. The van der Waals surface area contributed by atoms with Crippen molar-refractivity contribution < 1.29 is 0 Å². The van der Waals surface area contributed by atoms with Crippen molar-refractivity contribution >= 4 is 0 Å². The summed E-state index contributed by atoms with van der Waals surface area (Å²) in [5.41, 5.74) is 5.61. The molecule has 0 aliphatic carbocycles. The Morgan fingerprint density at radius 2 is 1.70 bits per heavy atom. The molecule has 0 aliphatic rings. The summed E-state index contributed by atoms with van der Waals surface area (Å²) < 4.78 is 0. The zero-order valence-corrected chi connectivity index (χ0v) is 12.8. The fraction of sp³-hybridized carbons (Fsp3) is 0.368. The number of likely N-dealkylation sites (N-methyl/N-ethyl adjacent to an activating group) is 1. The van der Waals surface area contributed by atoms with E-state index in [0.29, 0.717) is 5.92 Å². The topological polar surface area (TPSA) is 12.0 Å². The van der Waals surface area contributed by atoms with Gasteiger partial charge in [0.05, 0.1) is 0 Å². The lowest BCUT2D eigenvalue weighted by Crippen LogP contribution is -2.22. The SMILES string of the molecule is CCNCC(Cc1ccc(C)c(C)c1)c1ccccc1. The molecule has 0 fully saturated rings. The van der Waals surface area contributed by atoms with Gasteiger partial charge in [-0.15, -0.1) is 0 Å². The van der Waals surface area contributed by atoms with Gasteiger partial charge in [-0.2, -0.15) is 0 Å². The van der Waals surface area contributed by atoms with Crippen molar-refractivity contribution in [2.75, 3.05) is 13.1 Å². The lowest BCUT2D eigenvalue weighted by Gasteiger charge is -2.18. The maximum Gasteiger partial charge on any atom is 0.00232 e. The highest BCUT2D eigenvalue weighted by molar-refractivity contribution is 5.32. The molecule has 1 atom stereocenters. The molecule has 2 aromatic carbocycles. The fourth-order valence-electron chi connectivity index (χ4n) is 2.57. The van der Waals surface area contributed by atoms with Gasteiger partial charge in [-0.05, 0) is 49.1 Å². The van der Waals surface area contributed by atoms with Crippen LogP contribution in [-0.4, -0.2) is 13.1 Å². The van der Waals surface area contributed by atoms with Gasteiger partial charge in [0.1, 0.15) is 0 Å². The Morgan fingerprint density at radius 3 is 2.35 bits per heavy atom. The first-order chi connectivity index (χ1) is 9.70. The van der Waals surface area contributed by atoms with Crippen molar-refractivity contribution in [3.8, 4) is 0 Å². The third kappa shape index (κ3) is 3.94. The summed E-state index contributed by atoms with van der Waals surface area (Å²) in [6, 6.07) is 17.7. The summed E-state index contributed by atoms with van der Waals surface area (Å²) in [7, 11) is 0. The van der Waals surface area contributed by atoms with Crippen LogP contribution < -0.4 is 5.32 Å². The van der Waals surface area contributed by atoms with Crippen LogP contribution in [0.1, 0.15) is 35.1 Å². The maximum atomic E-state index is 3.49.